The van der Waals surface area contributed by atoms with Crippen LogP contribution in [-0.4, -0.2) is 74.8 Å². The van der Waals surface area contributed by atoms with Gasteiger partial charge in [0.1, 0.15) is 0 Å². The third-order valence-electron chi connectivity index (χ3n) is 0.728. The number of rotatable bonds is 0. The Labute approximate surface area is 132 Å². The van der Waals surface area contributed by atoms with Gasteiger partial charge in [-0.05, 0) is 0 Å². The average molecular weight is 368 g/mol. The molecule has 0 aliphatic heterocycles. The van der Waals surface area contributed by atoms with Crippen LogP contribution in [0, 0.1) is 0 Å². The molecule has 22 heavy (non-hydrogen) atoms. The van der Waals surface area contributed by atoms with Gasteiger partial charge in [0.05, 0.1) is 0 Å². The van der Waals surface area contributed by atoms with E-state index in [2.05, 4.69) is 0 Å². The third kappa shape index (κ3) is 20.9. The number of carbonyl (C=O) groups is 3. The first-order valence-corrected chi connectivity index (χ1v) is 3.73. The number of hydrogen-bond donors (Lipinski definition) is 3. The Balaban J connectivity index is -0.0000000476. The summed E-state index contributed by atoms with van der Waals surface area (Å²) in [6.07, 6.45) is -15.3. The molecule has 6 nitrogen and oxygen atoms in total. The van der Waals surface area contributed by atoms with Crippen LogP contribution in [0.2, 0.25) is 0 Å². The van der Waals surface area contributed by atoms with E-state index in [1.165, 1.54) is 0 Å². The number of carboxylic acids is 3. The zero-order valence-electron chi connectivity index (χ0n) is 11.7. The summed E-state index contributed by atoms with van der Waals surface area (Å²) in [6, 6.07) is 0. The molecule has 0 fully saturated rings. The molecule has 0 bridgehead atoms. The predicted molar refractivity (Wildman–Crippen MR) is 49.1 cm³/mol. The molecule has 0 saturated heterocycles. The van der Waals surface area contributed by atoms with Crippen LogP contribution in [-0.2, 0) is 14.4 Å². The fourth-order valence-corrected chi connectivity index (χ4v) is 0. The van der Waals surface area contributed by atoms with Crippen LogP contribution < -0.4 is 0 Å². The normalized spacial score (nSPS) is 10.8. The van der Waals surface area contributed by atoms with Crippen molar-refractivity contribution in [1.82, 2.24) is 0 Å². The van der Waals surface area contributed by atoms with Crippen LogP contribution in [0.3, 0.4) is 0 Å². The standard InChI is InChI=1S/3C2HF3O2.Mg.2H/c3*3-2(4,5)1(6)7;;;/h3*(H,6,7);;;/q;;;+2;2*-1. The van der Waals surface area contributed by atoms with Crippen molar-refractivity contribution in [1.29, 1.82) is 0 Å². The summed E-state index contributed by atoms with van der Waals surface area (Å²) < 4.78 is 95.2. The molecular weight excluding hydrogens is 363 g/mol. The summed E-state index contributed by atoms with van der Waals surface area (Å²) in [5, 5.41) is 21.4. The second kappa shape index (κ2) is 10.3. The van der Waals surface area contributed by atoms with Crippen LogP contribution in [0.1, 0.15) is 2.85 Å². The van der Waals surface area contributed by atoms with Gasteiger partial charge in [0.25, 0.3) is 0 Å². The van der Waals surface area contributed by atoms with Crippen LogP contribution >= 0.6 is 0 Å². The minimum Gasteiger partial charge on any atom is -1.00 e. The van der Waals surface area contributed by atoms with Crippen molar-refractivity contribution in [2.45, 2.75) is 18.5 Å². The first-order chi connectivity index (χ1) is 8.83. The maximum atomic E-state index is 10.6. The van der Waals surface area contributed by atoms with E-state index >= 15 is 0 Å². The van der Waals surface area contributed by atoms with Gasteiger partial charge in [-0.2, -0.15) is 39.5 Å². The molecule has 0 aromatic rings. The summed E-state index contributed by atoms with van der Waals surface area (Å²) >= 11 is 0. The monoisotopic (exact) mass is 368 g/mol. The maximum Gasteiger partial charge on any atom is 2.00 e. The van der Waals surface area contributed by atoms with Crippen LogP contribution in [0.5, 0.6) is 0 Å². The molecule has 16 heteroatoms. The van der Waals surface area contributed by atoms with Gasteiger partial charge in [-0.1, -0.05) is 0 Å². The van der Waals surface area contributed by atoms with E-state index in [1.54, 1.807) is 0 Å². The molecular formula is C6H5F9MgO6. The van der Waals surface area contributed by atoms with Gasteiger partial charge in [-0.15, -0.1) is 0 Å². The molecule has 0 radical (unpaired) electrons. The smallest absolute Gasteiger partial charge is 1.00 e. The third-order valence-corrected chi connectivity index (χ3v) is 0.728. The van der Waals surface area contributed by atoms with Crippen molar-refractivity contribution in [2.75, 3.05) is 0 Å². The molecule has 0 rings (SSSR count). The number of carboxylic acid groups (broad SMARTS) is 3. The van der Waals surface area contributed by atoms with E-state index in [-0.39, 0.29) is 25.9 Å². The molecule has 130 valence electrons. The molecule has 0 heterocycles. The van der Waals surface area contributed by atoms with Crippen molar-refractivity contribution in [3.63, 3.8) is 0 Å². The zero-order valence-corrected chi connectivity index (χ0v) is 11.1. The summed E-state index contributed by atoms with van der Waals surface area (Å²) in [6.45, 7) is 0. The Bertz CT molecular complexity index is 323. The Morgan fingerprint density at radius 2 is 0.591 bits per heavy atom. The minimum atomic E-state index is -5.08. The van der Waals surface area contributed by atoms with Crippen LogP contribution in [0.15, 0.2) is 0 Å². The summed E-state index contributed by atoms with van der Waals surface area (Å²) in [5.74, 6) is -8.27. The first-order valence-electron chi connectivity index (χ1n) is 3.73. The maximum absolute atomic E-state index is 10.6. The van der Waals surface area contributed by atoms with E-state index in [1.807, 2.05) is 0 Å². The van der Waals surface area contributed by atoms with E-state index in [4.69, 9.17) is 29.7 Å². The molecule has 0 amide bonds. The molecule has 0 spiro atoms. The summed E-state index contributed by atoms with van der Waals surface area (Å²) in [5.41, 5.74) is 0. The molecule has 0 saturated carbocycles. The van der Waals surface area contributed by atoms with Gasteiger partial charge in [-0.3, -0.25) is 0 Å². The average Bonchev–Trinajstić information content (AvgIpc) is 2.14. The van der Waals surface area contributed by atoms with Gasteiger partial charge >= 0.3 is 59.5 Å². The zero-order chi connectivity index (χ0) is 18.2. The Morgan fingerprint density at radius 1 is 0.545 bits per heavy atom. The van der Waals surface area contributed by atoms with Crippen LogP contribution in [0.25, 0.3) is 0 Å². The van der Waals surface area contributed by atoms with E-state index in [0.717, 1.165) is 0 Å². The van der Waals surface area contributed by atoms with Gasteiger partial charge in [0.15, 0.2) is 0 Å². The van der Waals surface area contributed by atoms with E-state index in [9.17, 15) is 39.5 Å². The largest absolute Gasteiger partial charge is 2.00 e. The van der Waals surface area contributed by atoms with Crippen molar-refractivity contribution in [2.24, 2.45) is 0 Å². The molecule has 0 aromatic heterocycles. The fraction of sp³-hybridized carbons (Fsp3) is 0.500. The number of alkyl halides is 9. The quantitative estimate of drug-likeness (QED) is 0.444. The molecule has 0 unspecified atom stereocenters. The SMILES string of the molecule is O=C(O)C(F)(F)F.O=C(O)C(F)(F)F.O=C(O)C(F)(F)F.[H-].[H-].[Mg+2]. The Kier molecular flexibility index (Phi) is 13.4. The summed E-state index contributed by atoms with van der Waals surface area (Å²) in [7, 11) is 0. The van der Waals surface area contributed by atoms with Crippen molar-refractivity contribution in [3.8, 4) is 0 Å². The topological polar surface area (TPSA) is 112 Å². The second-order valence-corrected chi connectivity index (χ2v) is 2.41. The molecule has 3 N–H and O–H groups in total. The first kappa shape index (κ1) is 28.7. The van der Waals surface area contributed by atoms with E-state index in [0.29, 0.717) is 0 Å². The van der Waals surface area contributed by atoms with Gasteiger partial charge < -0.3 is 18.2 Å². The minimum absolute atomic E-state index is 0. The predicted octanol–water partition coefficient (Wildman–Crippen LogP) is 1.74. The number of hydrogen-bond acceptors (Lipinski definition) is 3. The van der Waals surface area contributed by atoms with Gasteiger partial charge in [0, 0.05) is 0 Å². The van der Waals surface area contributed by atoms with Crippen molar-refractivity contribution >= 4 is 41.0 Å². The Morgan fingerprint density at radius 3 is 0.591 bits per heavy atom. The molecule has 0 aromatic carbocycles. The van der Waals surface area contributed by atoms with Gasteiger partial charge in [-0.25, -0.2) is 14.4 Å². The van der Waals surface area contributed by atoms with Gasteiger partial charge in [0.2, 0.25) is 0 Å². The second-order valence-electron chi connectivity index (χ2n) is 2.41. The number of aliphatic carboxylic acids is 3. The molecule has 0 atom stereocenters. The summed E-state index contributed by atoms with van der Waals surface area (Å²) in [4.78, 5) is 26.7. The molecule has 0 aliphatic carbocycles. The number of halogens is 9. The molecule has 0 aliphatic rings. The van der Waals surface area contributed by atoms with Crippen LogP contribution in [0.4, 0.5) is 39.5 Å². The van der Waals surface area contributed by atoms with Crippen molar-refractivity contribution in [3.05, 3.63) is 0 Å². The fourth-order valence-electron chi connectivity index (χ4n) is 0. The van der Waals surface area contributed by atoms with Crippen molar-refractivity contribution < 1.29 is 72.1 Å². The Hall–Kier alpha value is -1.45. The van der Waals surface area contributed by atoms with E-state index < -0.39 is 36.4 Å².